The number of rotatable bonds is 3. The zero-order chi connectivity index (χ0) is 14.0. The van der Waals surface area contributed by atoms with Crippen LogP contribution in [0.25, 0.3) is 0 Å². The molecular formula is C11H17F6N. The number of hydrogen-bond acceptors (Lipinski definition) is 1. The molecule has 1 saturated carbocycles. The maximum absolute atomic E-state index is 12.5. The molecule has 0 aromatic heterocycles. The molecule has 0 radical (unpaired) electrons. The molecule has 0 saturated heterocycles. The van der Waals surface area contributed by atoms with Crippen molar-refractivity contribution in [2.75, 3.05) is 0 Å². The minimum Gasteiger partial charge on any atom is -0.311 e. The highest BCUT2D eigenvalue weighted by Crippen LogP contribution is 2.37. The third-order valence-corrected chi connectivity index (χ3v) is 3.19. The molecule has 108 valence electrons. The molecule has 0 aliphatic heterocycles. The zero-order valence-corrected chi connectivity index (χ0v) is 10.0. The van der Waals surface area contributed by atoms with Gasteiger partial charge in [-0.1, -0.05) is 6.42 Å². The van der Waals surface area contributed by atoms with E-state index in [1.165, 1.54) is 6.92 Å². The molecule has 1 nitrogen and oxygen atoms in total. The van der Waals surface area contributed by atoms with Gasteiger partial charge >= 0.3 is 12.4 Å². The lowest BCUT2D eigenvalue weighted by atomic mass is 9.85. The van der Waals surface area contributed by atoms with Crippen LogP contribution in [-0.2, 0) is 0 Å². The Labute approximate surface area is 102 Å². The predicted molar refractivity (Wildman–Crippen MR) is 55.1 cm³/mol. The Kier molecular flexibility index (Phi) is 4.91. The first-order chi connectivity index (χ1) is 8.08. The summed E-state index contributed by atoms with van der Waals surface area (Å²) >= 11 is 0. The monoisotopic (exact) mass is 277 g/mol. The van der Waals surface area contributed by atoms with Crippen LogP contribution in [-0.4, -0.2) is 24.4 Å². The van der Waals surface area contributed by atoms with Crippen molar-refractivity contribution in [3.8, 4) is 0 Å². The van der Waals surface area contributed by atoms with Gasteiger partial charge in [-0.05, 0) is 26.2 Å². The van der Waals surface area contributed by atoms with E-state index in [1.54, 1.807) is 0 Å². The summed E-state index contributed by atoms with van der Waals surface area (Å²) in [6.07, 6.45) is -8.67. The number of hydrogen-bond donors (Lipinski definition) is 1. The van der Waals surface area contributed by atoms with E-state index in [4.69, 9.17) is 0 Å². The van der Waals surface area contributed by atoms with E-state index in [1.807, 2.05) is 0 Å². The second-order valence-corrected chi connectivity index (χ2v) is 4.99. The minimum atomic E-state index is -4.29. The number of nitrogens with one attached hydrogen (secondary N) is 1. The molecule has 0 spiro atoms. The van der Waals surface area contributed by atoms with Gasteiger partial charge < -0.3 is 5.32 Å². The van der Waals surface area contributed by atoms with Crippen molar-refractivity contribution in [1.82, 2.24) is 5.32 Å². The molecule has 0 bridgehead atoms. The van der Waals surface area contributed by atoms with Gasteiger partial charge in [-0.3, -0.25) is 0 Å². The molecule has 0 heterocycles. The Balaban J connectivity index is 2.43. The second-order valence-electron chi connectivity index (χ2n) is 4.99. The Bertz CT molecular complexity index is 259. The van der Waals surface area contributed by atoms with Gasteiger partial charge in [-0.15, -0.1) is 0 Å². The summed E-state index contributed by atoms with van der Waals surface area (Å²) in [6, 6.07) is -1.32. The standard InChI is InChI=1S/C11H17F6N/c1-7(6-10(12,13)14)18-9-4-2-3-8(5-9)11(15,16)17/h7-9,18H,2-6H2,1H3. The van der Waals surface area contributed by atoms with Gasteiger partial charge in [0.1, 0.15) is 0 Å². The molecule has 3 atom stereocenters. The summed E-state index contributed by atoms with van der Waals surface area (Å²) in [6.45, 7) is 1.35. The van der Waals surface area contributed by atoms with Gasteiger partial charge in [0.15, 0.2) is 0 Å². The Hall–Kier alpha value is -0.460. The van der Waals surface area contributed by atoms with Gasteiger partial charge in [0.2, 0.25) is 0 Å². The van der Waals surface area contributed by atoms with Crippen LogP contribution in [0.15, 0.2) is 0 Å². The molecule has 1 rings (SSSR count). The van der Waals surface area contributed by atoms with Crippen molar-refractivity contribution in [2.45, 2.75) is 63.5 Å². The lowest BCUT2D eigenvalue weighted by Crippen LogP contribution is -2.43. The molecule has 3 unspecified atom stereocenters. The third-order valence-electron chi connectivity index (χ3n) is 3.19. The molecule has 1 N–H and O–H groups in total. The van der Waals surface area contributed by atoms with Crippen LogP contribution in [0.1, 0.15) is 39.0 Å². The van der Waals surface area contributed by atoms with Crippen molar-refractivity contribution < 1.29 is 26.3 Å². The van der Waals surface area contributed by atoms with E-state index >= 15 is 0 Å². The predicted octanol–water partition coefficient (Wildman–Crippen LogP) is 4.04. The van der Waals surface area contributed by atoms with Crippen molar-refractivity contribution in [1.29, 1.82) is 0 Å². The van der Waals surface area contributed by atoms with E-state index in [9.17, 15) is 26.3 Å². The summed E-state index contributed by atoms with van der Waals surface area (Å²) in [5.74, 6) is -1.39. The Morgan fingerprint density at radius 3 is 2.22 bits per heavy atom. The first kappa shape index (κ1) is 15.6. The molecular weight excluding hydrogens is 260 g/mol. The summed E-state index contributed by atoms with van der Waals surface area (Å²) in [5, 5.41) is 2.66. The first-order valence-corrected chi connectivity index (χ1v) is 5.97. The van der Waals surface area contributed by atoms with Crippen molar-refractivity contribution in [3.05, 3.63) is 0 Å². The maximum Gasteiger partial charge on any atom is 0.391 e. The highest BCUT2D eigenvalue weighted by atomic mass is 19.4. The normalized spacial score (nSPS) is 28.2. The fourth-order valence-electron chi connectivity index (χ4n) is 2.45. The fourth-order valence-corrected chi connectivity index (χ4v) is 2.45. The Morgan fingerprint density at radius 1 is 1.11 bits per heavy atom. The zero-order valence-electron chi connectivity index (χ0n) is 10.0. The second kappa shape index (κ2) is 5.67. The van der Waals surface area contributed by atoms with Crippen molar-refractivity contribution >= 4 is 0 Å². The lowest BCUT2D eigenvalue weighted by molar-refractivity contribution is -0.184. The highest BCUT2D eigenvalue weighted by molar-refractivity contribution is 4.83. The largest absolute Gasteiger partial charge is 0.391 e. The van der Waals surface area contributed by atoms with E-state index in [-0.39, 0.29) is 12.8 Å². The lowest BCUT2D eigenvalue weighted by Gasteiger charge is -2.33. The molecule has 1 aliphatic carbocycles. The smallest absolute Gasteiger partial charge is 0.311 e. The van der Waals surface area contributed by atoms with Crippen LogP contribution in [0.5, 0.6) is 0 Å². The molecule has 0 aromatic rings. The minimum absolute atomic E-state index is 0.0787. The van der Waals surface area contributed by atoms with Crippen molar-refractivity contribution in [3.63, 3.8) is 0 Å². The van der Waals surface area contributed by atoms with Crippen LogP contribution in [0.3, 0.4) is 0 Å². The van der Waals surface area contributed by atoms with Gasteiger partial charge in [0.25, 0.3) is 0 Å². The average molecular weight is 277 g/mol. The Morgan fingerprint density at radius 2 is 1.72 bits per heavy atom. The number of alkyl halides is 6. The van der Waals surface area contributed by atoms with Crippen LogP contribution in [0, 0.1) is 5.92 Å². The summed E-state index contributed by atoms with van der Waals surface area (Å²) in [4.78, 5) is 0. The van der Waals surface area contributed by atoms with Gasteiger partial charge in [-0.2, -0.15) is 26.3 Å². The van der Waals surface area contributed by atoms with E-state index in [2.05, 4.69) is 5.32 Å². The average Bonchev–Trinajstić information content (AvgIpc) is 2.13. The van der Waals surface area contributed by atoms with Crippen LogP contribution in [0.4, 0.5) is 26.3 Å². The van der Waals surface area contributed by atoms with Gasteiger partial charge in [-0.25, -0.2) is 0 Å². The summed E-state index contributed by atoms with van der Waals surface area (Å²) in [5.41, 5.74) is 0. The summed E-state index contributed by atoms with van der Waals surface area (Å²) in [7, 11) is 0. The van der Waals surface area contributed by atoms with E-state index in [0.29, 0.717) is 12.8 Å². The third kappa shape index (κ3) is 5.46. The van der Waals surface area contributed by atoms with Crippen LogP contribution < -0.4 is 5.32 Å². The molecule has 1 fully saturated rings. The molecule has 7 heteroatoms. The maximum atomic E-state index is 12.5. The molecule has 1 aliphatic rings. The highest BCUT2D eigenvalue weighted by Gasteiger charge is 2.42. The van der Waals surface area contributed by atoms with Gasteiger partial charge in [0.05, 0.1) is 12.3 Å². The molecule has 0 amide bonds. The quantitative estimate of drug-likeness (QED) is 0.768. The van der Waals surface area contributed by atoms with Crippen molar-refractivity contribution in [2.24, 2.45) is 5.92 Å². The van der Waals surface area contributed by atoms with Gasteiger partial charge in [0, 0.05) is 12.1 Å². The molecule has 18 heavy (non-hydrogen) atoms. The van der Waals surface area contributed by atoms with Crippen LogP contribution >= 0.6 is 0 Å². The summed E-state index contributed by atoms with van der Waals surface area (Å²) < 4.78 is 73.9. The topological polar surface area (TPSA) is 12.0 Å². The molecule has 0 aromatic carbocycles. The van der Waals surface area contributed by atoms with Crippen LogP contribution in [0.2, 0.25) is 0 Å². The SMILES string of the molecule is CC(CC(F)(F)F)NC1CCCC(C(F)(F)F)C1. The number of halogens is 6. The first-order valence-electron chi connectivity index (χ1n) is 5.97. The fraction of sp³-hybridized carbons (Fsp3) is 1.00. The van der Waals surface area contributed by atoms with E-state index < -0.39 is 36.8 Å². The van der Waals surface area contributed by atoms with E-state index in [0.717, 1.165) is 0 Å².